The van der Waals surface area contributed by atoms with Gasteiger partial charge in [-0.2, -0.15) is 0 Å². The highest BCUT2D eigenvalue weighted by Gasteiger charge is 2.44. The fourth-order valence-electron chi connectivity index (χ4n) is 3.17. The van der Waals surface area contributed by atoms with Crippen molar-refractivity contribution in [2.75, 3.05) is 7.11 Å². The topological polar surface area (TPSA) is 75.6 Å². The summed E-state index contributed by atoms with van der Waals surface area (Å²) in [4.78, 5) is 23.5. The standard InChI is InChI=1S/C20H21NO4/c1-12-5-3-4-6-14(12)16-10-17(16)19(22)21-11-13-7-8-15(20(23)24)18(9-13)25-2/h3-9,16-17H,10-11H2,1-2H3,(H,21,22)(H,23,24)/t16-,17+/m1/s1. The lowest BCUT2D eigenvalue weighted by Gasteiger charge is -2.09. The number of hydrogen-bond donors (Lipinski definition) is 2. The van der Waals surface area contributed by atoms with E-state index in [0.717, 1.165) is 12.0 Å². The first kappa shape index (κ1) is 17.0. The van der Waals surface area contributed by atoms with E-state index < -0.39 is 5.97 Å². The highest BCUT2D eigenvalue weighted by molar-refractivity contribution is 5.91. The van der Waals surface area contributed by atoms with Crippen LogP contribution in [-0.2, 0) is 11.3 Å². The Morgan fingerprint density at radius 2 is 2.00 bits per heavy atom. The molecule has 0 spiro atoms. The maximum Gasteiger partial charge on any atom is 0.339 e. The van der Waals surface area contributed by atoms with Crippen molar-refractivity contribution in [3.05, 3.63) is 64.7 Å². The average molecular weight is 339 g/mol. The Labute approximate surface area is 146 Å². The van der Waals surface area contributed by atoms with Crippen LogP contribution in [0.5, 0.6) is 5.75 Å². The highest BCUT2D eigenvalue weighted by atomic mass is 16.5. The van der Waals surface area contributed by atoms with E-state index in [1.807, 2.05) is 12.1 Å². The van der Waals surface area contributed by atoms with Crippen molar-refractivity contribution in [1.29, 1.82) is 0 Å². The summed E-state index contributed by atoms with van der Waals surface area (Å²) in [5, 5.41) is 12.0. The van der Waals surface area contributed by atoms with Crippen molar-refractivity contribution in [3.63, 3.8) is 0 Å². The fraction of sp³-hybridized carbons (Fsp3) is 0.300. The minimum atomic E-state index is -1.04. The number of carbonyl (C=O) groups excluding carboxylic acids is 1. The molecule has 0 saturated heterocycles. The predicted molar refractivity (Wildman–Crippen MR) is 93.8 cm³/mol. The summed E-state index contributed by atoms with van der Waals surface area (Å²) in [5.41, 5.74) is 3.38. The van der Waals surface area contributed by atoms with Gasteiger partial charge in [-0.05, 0) is 48.1 Å². The smallest absolute Gasteiger partial charge is 0.339 e. The van der Waals surface area contributed by atoms with E-state index in [2.05, 4.69) is 24.4 Å². The fourth-order valence-corrected chi connectivity index (χ4v) is 3.17. The summed E-state index contributed by atoms with van der Waals surface area (Å²) in [6.45, 7) is 2.42. The van der Waals surface area contributed by atoms with Gasteiger partial charge in [0.1, 0.15) is 11.3 Å². The van der Waals surface area contributed by atoms with E-state index in [1.54, 1.807) is 12.1 Å². The van der Waals surface area contributed by atoms with Gasteiger partial charge in [0.25, 0.3) is 0 Å². The highest BCUT2D eigenvalue weighted by Crippen LogP contribution is 2.48. The Morgan fingerprint density at radius 1 is 1.24 bits per heavy atom. The molecule has 25 heavy (non-hydrogen) atoms. The summed E-state index contributed by atoms with van der Waals surface area (Å²) < 4.78 is 5.11. The minimum Gasteiger partial charge on any atom is -0.496 e. The summed E-state index contributed by atoms with van der Waals surface area (Å²) in [5.74, 6) is -0.393. The molecular formula is C20H21NO4. The number of nitrogens with one attached hydrogen (secondary N) is 1. The predicted octanol–water partition coefficient (Wildman–Crippen LogP) is 3.12. The van der Waals surface area contributed by atoms with Gasteiger partial charge in [0.2, 0.25) is 5.91 Å². The van der Waals surface area contributed by atoms with Crippen LogP contribution in [0.1, 0.15) is 39.4 Å². The molecule has 2 aromatic rings. The molecule has 0 unspecified atom stereocenters. The molecule has 0 aromatic heterocycles. The molecule has 0 aliphatic heterocycles. The number of rotatable bonds is 6. The molecule has 1 amide bonds. The van der Waals surface area contributed by atoms with Crippen LogP contribution in [0.15, 0.2) is 42.5 Å². The van der Waals surface area contributed by atoms with E-state index in [9.17, 15) is 9.59 Å². The molecule has 2 N–H and O–H groups in total. The van der Waals surface area contributed by atoms with Crippen molar-refractivity contribution in [2.24, 2.45) is 5.92 Å². The lowest BCUT2D eigenvalue weighted by atomic mass is 10.0. The number of aromatic carboxylic acids is 1. The Balaban J connectivity index is 1.60. The number of amides is 1. The molecule has 5 heteroatoms. The van der Waals surface area contributed by atoms with Gasteiger partial charge in [-0.3, -0.25) is 4.79 Å². The average Bonchev–Trinajstić information content (AvgIpc) is 3.40. The van der Waals surface area contributed by atoms with Crippen LogP contribution >= 0.6 is 0 Å². The quantitative estimate of drug-likeness (QED) is 0.848. The normalized spacial score (nSPS) is 18.5. The van der Waals surface area contributed by atoms with Crippen LogP contribution in [0.2, 0.25) is 0 Å². The molecule has 0 bridgehead atoms. The number of hydrogen-bond acceptors (Lipinski definition) is 3. The lowest BCUT2D eigenvalue weighted by molar-refractivity contribution is -0.122. The van der Waals surface area contributed by atoms with Crippen molar-refractivity contribution in [2.45, 2.75) is 25.8 Å². The van der Waals surface area contributed by atoms with Gasteiger partial charge in [-0.15, -0.1) is 0 Å². The number of carbonyl (C=O) groups is 2. The molecule has 1 aliphatic carbocycles. The number of aryl methyl sites for hydroxylation is 1. The maximum atomic E-state index is 12.4. The second-order valence-electron chi connectivity index (χ2n) is 6.36. The Hall–Kier alpha value is -2.82. The van der Waals surface area contributed by atoms with Gasteiger partial charge in [-0.25, -0.2) is 4.79 Å². The zero-order valence-corrected chi connectivity index (χ0v) is 14.3. The Bertz CT molecular complexity index is 815. The molecule has 2 aromatic carbocycles. The van der Waals surface area contributed by atoms with Crippen molar-refractivity contribution in [1.82, 2.24) is 5.32 Å². The largest absolute Gasteiger partial charge is 0.496 e. The second kappa shape index (κ2) is 6.97. The van der Waals surface area contributed by atoms with Crippen molar-refractivity contribution >= 4 is 11.9 Å². The minimum absolute atomic E-state index is 0.0151. The number of carboxylic acids is 1. The molecule has 130 valence electrons. The molecule has 2 atom stereocenters. The first-order valence-electron chi connectivity index (χ1n) is 8.24. The van der Waals surface area contributed by atoms with Gasteiger partial charge in [0.15, 0.2) is 0 Å². The van der Waals surface area contributed by atoms with Gasteiger partial charge in [0.05, 0.1) is 7.11 Å². The third-order valence-electron chi connectivity index (χ3n) is 4.68. The van der Waals surface area contributed by atoms with Crippen LogP contribution in [0.25, 0.3) is 0 Å². The van der Waals surface area contributed by atoms with Gasteiger partial charge >= 0.3 is 5.97 Å². The summed E-state index contributed by atoms with van der Waals surface area (Å²) in [6, 6.07) is 13.0. The second-order valence-corrected chi connectivity index (χ2v) is 6.36. The van der Waals surface area contributed by atoms with Crippen LogP contribution < -0.4 is 10.1 Å². The van der Waals surface area contributed by atoms with Crippen LogP contribution in [-0.4, -0.2) is 24.1 Å². The molecule has 0 heterocycles. The van der Waals surface area contributed by atoms with Crippen LogP contribution in [0.4, 0.5) is 0 Å². The molecule has 1 saturated carbocycles. The van der Waals surface area contributed by atoms with Crippen molar-refractivity contribution in [3.8, 4) is 5.75 Å². The van der Waals surface area contributed by atoms with E-state index in [4.69, 9.17) is 9.84 Å². The van der Waals surface area contributed by atoms with E-state index in [0.29, 0.717) is 18.2 Å². The van der Waals surface area contributed by atoms with Crippen molar-refractivity contribution < 1.29 is 19.4 Å². The van der Waals surface area contributed by atoms with Gasteiger partial charge in [-0.1, -0.05) is 30.3 Å². The lowest BCUT2D eigenvalue weighted by Crippen LogP contribution is -2.25. The third kappa shape index (κ3) is 3.65. The van der Waals surface area contributed by atoms with Gasteiger partial charge < -0.3 is 15.2 Å². The number of ether oxygens (including phenoxy) is 1. The molecular weight excluding hydrogens is 318 g/mol. The van der Waals surface area contributed by atoms with E-state index >= 15 is 0 Å². The molecule has 1 aliphatic rings. The molecule has 0 radical (unpaired) electrons. The Morgan fingerprint density at radius 3 is 2.68 bits per heavy atom. The molecule has 1 fully saturated rings. The summed E-state index contributed by atoms with van der Waals surface area (Å²) >= 11 is 0. The molecule has 5 nitrogen and oxygen atoms in total. The summed E-state index contributed by atoms with van der Waals surface area (Å²) in [6.07, 6.45) is 0.873. The zero-order valence-electron chi connectivity index (χ0n) is 14.3. The zero-order chi connectivity index (χ0) is 18.0. The SMILES string of the molecule is COc1cc(CNC(=O)[C@H]2C[C@@H]2c2ccccc2C)ccc1C(=O)O. The van der Waals surface area contributed by atoms with E-state index in [1.165, 1.54) is 24.3 Å². The van der Waals surface area contributed by atoms with E-state index in [-0.39, 0.29) is 17.4 Å². The first-order chi connectivity index (χ1) is 12.0. The summed E-state index contributed by atoms with van der Waals surface area (Å²) in [7, 11) is 1.43. The first-order valence-corrected chi connectivity index (χ1v) is 8.24. The maximum absolute atomic E-state index is 12.4. The molecule has 3 rings (SSSR count). The number of carboxylic acid groups (broad SMARTS) is 1. The third-order valence-corrected chi connectivity index (χ3v) is 4.68. The van der Waals surface area contributed by atoms with Gasteiger partial charge in [0, 0.05) is 12.5 Å². The number of methoxy groups -OCH3 is 1. The Kier molecular flexibility index (Phi) is 4.74. The number of benzene rings is 2. The van der Waals surface area contributed by atoms with Crippen LogP contribution in [0.3, 0.4) is 0 Å². The monoisotopic (exact) mass is 339 g/mol. The van der Waals surface area contributed by atoms with Crippen LogP contribution in [0, 0.1) is 12.8 Å².